The number of ether oxygens (including phenoxy) is 2. The Hall–Kier alpha value is -3.37. The highest BCUT2D eigenvalue weighted by Gasteiger charge is 2.39. The Morgan fingerprint density at radius 1 is 0.943 bits per heavy atom. The number of carbonyl (C=O) groups is 1. The lowest BCUT2D eigenvalue weighted by Gasteiger charge is -2.44. The number of rotatable bonds is 5. The Morgan fingerprint density at radius 3 is 2.29 bits per heavy atom. The molecule has 0 aromatic heterocycles. The van der Waals surface area contributed by atoms with E-state index in [1.165, 1.54) is 39.0 Å². The zero-order valence-electron chi connectivity index (χ0n) is 20.2. The molecule has 3 aliphatic rings. The van der Waals surface area contributed by atoms with Gasteiger partial charge in [0.25, 0.3) is 0 Å². The fraction of sp³-hybridized carbons (Fsp3) is 0.323. The lowest BCUT2D eigenvalue weighted by molar-refractivity contribution is -0.0331. The maximum atomic E-state index is 13.4. The van der Waals surface area contributed by atoms with Gasteiger partial charge in [-0.05, 0) is 51.8 Å². The average molecular weight is 466 g/mol. The molecule has 2 heterocycles. The normalized spacial score (nSPS) is 20.7. The van der Waals surface area contributed by atoms with E-state index >= 15 is 0 Å². The van der Waals surface area contributed by atoms with Crippen LogP contribution in [0.15, 0.2) is 78.9 Å². The van der Waals surface area contributed by atoms with Crippen molar-refractivity contribution in [2.24, 2.45) is 0 Å². The van der Waals surface area contributed by atoms with E-state index < -0.39 is 0 Å². The summed E-state index contributed by atoms with van der Waals surface area (Å²) in [5, 5.41) is 0. The van der Waals surface area contributed by atoms with Crippen LogP contribution in [0.2, 0.25) is 0 Å². The van der Waals surface area contributed by atoms with Crippen molar-refractivity contribution in [1.82, 2.24) is 4.90 Å². The molecule has 2 aliphatic heterocycles. The standard InChI is InChI=1S/C31H31NO3/c1-2-7-21-12-14-22(15-13-21)23-16-24-18-34-19-25(17-23)32(24)31(33)35-20-30-28-10-5-3-8-26(28)27-9-4-6-11-29(27)30/h3-6,8-16,24-25,30H,2,7,17-20H2,1H3. The summed E-state index contributed by atoms with van der Waals surface area (Å²) in [5.41, 5.74) is 8.86. The van der Waals surface area contributed by atoms with Gasteiger partial charge in [-0.3, -0.25) is 4.90 Å². The summed E-state index contributed by atoms with van der Waals surface area (Å²) in [6.07, 6.45) is 5.01. The molecule has 0 N–H and O–H groups in total. The van der Waals surface area contributed by atoms with Crippen LogP contribution in [0.5, 0.6) is 0 Å². The molecule has 1 saturated heterocycles. The van der Waals surface area contributed by atoms with Gasteiger partial charge in [-0.15, -0.1) is 0 Å². The third-order valence-corrected chi connectivity index (χ3v) is 7.61. The largest absolute Gasteiger partial charge is 0.448 e. The van der Waals surface area contributed by atoms with E-state index in [9.17, 15) is 4.79 Å². The van der Waals surface area contributed by atoms with Crippen LogP contribution in [0, 0.1) is 0 Å². The van der Waals surface area contributed by atoms with Crippen LogP contribution in [-0.4, -0.2) is 42.9 Å². The number of fused-ring (bicyclic) bond motifs is 5. The van der Waals surface area contributed by atoms with Crippen LogP contribution in [0.25, 0.3) is 16.7 Å². The molecule has 178 valence electrons. The van der Waals surface area contributed by atoms with E-state index in [1.54, 1.807) is 0 Å². The first-order valence-corrected chi connectivity index (χ1v) is 12.7. The minimum absolute atomic E-state index is 0.000260. The molecule has 1 aliphatic carbocycles. The minimum atomic E-state index is -0.237. The molecule has 4 heteroatoms. The predicted molar refractivity (Wildman–Crippen MR) is 138 cm³/mol. The molecule has 3 aromatic rings. The van der Waals surface area contributed by atoms with E-state index in [0.717, 1.165) is 19.3 Å². The van der Waals surface area contributed by atoms with Crippen molar-refractivity contribution < 1.29 is 14.3 Å². The van der Waals surface area contributed by atoms with E-state index in [-0.39, 0.29) is 24.1 Å². The maximum Gasteiger partial charge on any atom is 0.410 e. The Bertz CT molecular complexity index is 1220. The summed E-state index contributed by atoms with van der Waals surface area (Å²) in [5.74, 6) is 0.0694. The summed E-state index contributed by atoms with van der Waals surface area (Å²) in [7, 11) is 0. The molecule has 2 atom stereocenters. The van der Waals surface area contributed by atoms with E-state index in [4.69, 9.17) is 9.47 Å². The number of aryl methyl sites for hydroxylation is 1. The number of hydrogen-bond acceptors (Lipinski definition) is 3. The molecule has 2 bridgehead atoms. The van der Waals surface area contributed by atoms with Crippen molar-refractivity contribution in [2.45, 2.75) is 44.2 Å². The summed E-state index contributed by atoms with van der Waals surface area (Å²) in [4.78, 5) is 15.3. The second-order valence-corrected chi connectivity index (χ2v) is 9.81. The van der Waals surface area contributed by atoms with Crippen molar-refractivity contribution in [3.63, 3.8) is 0 Å². The van der Waals surface area contributed by atoms with Gasteiger partial charge in [-0.25, -0.2) is 4.79 Å². The molecule has 2 unspecified atom stereocenters. The van der Waals surface area contributed by atoms with Crippen molar-refractivity contribution >= 4 is 11.7 Å². The van der Waals surface area contributed by atoms with E-state index in [2.05, 4.69) is 85.8 Å². The highest BCUT2D eigenvalue weighted by atomic mass is 16.6. The highest BCUT2D eigenvalue weighted by Crippen LogP contribution is 2.44. The Balaban J connectivity index is 1.19. The van der Waals surface area contributed by atoms with Crippen LogP contribution >= 0.6 is 0 Å². The first-order valence-electron chi connectivity index (χ1n) is 12.7. The molecule has 1 fully saturated rings. The molecule has 0 saturated carbocycles. The lowest BCUT2D eigenvalue weighted by Crippen LogP contribution is -2.56. The first-order chi connectivity index (χ1) is 17.2. The van der Waals surface area contributed by atoms with E-state index in [0.29, 0.717) is 19.8 Å². The maximum absolute atomic E-state index is 13.4. The Morgan fingerprint density at radius 2 is 1.63 bits per heavy atom. The van der Waals surface area contributed by atoms with Crippen LogP contribution in [0.3, 0.4) is 0 Å². The zero-order valence-corrected chi connectivity index (χ0v) is 20.2. The van der Waals surface area contributed by atoms with Crippen LogP contribution in [-0.2, 0) is 15.9 Å². The number of hydrogen-bond donors (Lipinski definition) is 0. The van der Waals surface area contributed by atoms with Crippen molar-refractivity contribution in [3.8, 4) is 11.1 Å². The van der Waals surface area contributed by atoms with Gasteiger partial charge in [0.05, 0.1) is 25.3 Å². The second kappa shape index (κ2) is 9.35. The number of amides is 1. The predicted octanol–water partition coefficient (Wildman–Crippen LogP) is 6.44. The smallest absolute Gasteiger partial charge is 0.410 e. The summed E-state index contributed by atoms with van der Waals surface area (Å²) >= 11 is 0. The molecule has 6 rings (SSSR count). The Labute approximate surface area is 207 Å². The number of benzene rings is 3. The Kier molecular flexibility index (Phi) is 5.91. The van der Waals surface area contributed by atoms with Gasteiger partial charge in [0.15, 0.2) is 0 Å². The van der Waals surface area contributed by atoms with Gasteiger partial charge in [-0.1, -0.05) is 92.2 Å². The van der Waals surface area contributed by atoms with Gasteiger partial charge in [0.2, 0.25) is 0 Å². The fourth-order valence-electron chi connectivity index (χ4n) is 5.94. The van der Waals surface area contributed by atoms with Crippen LogP contribution in [0.1, 0.15) is 47.9 Å². The third-order valence-electron chi connectivity index (χ3n) is 7.61. The zero-order chi connectivity index (χ0) is 23.8. The van der Waals surface area contributed by atoms with Gasteiger partial charge >= 0.3 is 6.09 Å². The molecule has 3 aromatic carbocycles. The summed E-state index contributed by atoms with van der Waals surface area (Å²) < 4.78 is 11.8. The van der Waals surface area contributed by atoms with Crippen LogP contribution in [0.4, 0.5) is 4.79 Å². The topological polar surface area (TPSA) is 38.8 Å². The van der Waals surface area contributed by atoms with Gasteiger partial charge in [-0.2, -0.15) is 0 Å². The van der Waals surface area contributed by atoms with Crippen molar-refractivity contribution in [3.05, 3.63) is 101 Å². The van der Waals surface area contributed by atoms with E-state index in [1.807, 2.05) is 4.90 Å². The number of morpholine rings is 1. The first kappa shape index (κ1) is 22.1. The fourth-order valence-corrected chi connectivity index (χ4v) is 5.94. The lowest BCUT2D eigenvalue weighted by atomic mass is 9.89. The molecule has 0 spiro atoms. The van der Waals surface area contributed by atoms with Crippen molar-refractivity contribution in [2.75, 3.05) is 19.8 Å². The van der Waals surface area contributed by atoms with Crippen molar-refractivity contribution in [1.29, 1.82) is 0 Å². The van der Waals surface area contributed by atoms with Crippen LogP contribution < -0.4 is 0 Å². The molecular formula is C31H31NO3. The van der Waals surface area contributed by atoms with Gasteiger partial charge < -0.3 is 9.47 Å². The summed E-state index contributed by atoms with van der Waals surface area (Å²) in [6, 6.07) is 25.7. The molecule has 35 heavy (non-hydrogen) atoms. The molecule has 0 radical (unpaired) electrons. The highest BCUT2D eigenvalue weighted by molar-refractivity contribution is 5.79. The van der Waals surface area contributed by atoms with Gasteiger partial charge in [0.1, 0.15) is 6.61 Å². The minimum Gasteiger partial charge on any atom is -0.448 e. The number of carbonyl (C=O) groups excluding carboxylic acids is 1. The monoisotopic (exact) mass is 465 g/mol. The summed E-state index contributed by atoms with van der Waals surface area (Å²) in [6.45, 7) is 3.61. The SMILES string of the molecule is CCCc1ccc(C2=CC3COCC(C2)N3C(=O)OCC2c3ccccc3-c3ccccc32)cc1. The molecule has 4 nitrogen and oxygen atoms in total. The number of nitrogens with zero attached hydrogens (tertiary/aromatic N) is 1. The molecule has 1 amide bonds. The molecular weight excluding hydrogens is 434 g/mol. The quantitative estimate of drug-likeness (QED) is 0.435. The third kappa shape index (κ3) is 4.06. The average Bonchev–Trinajstić information content (AvgIpc) is 3.21. The van der Waals surface area contributed by atoms with Gasteiger partial charge in [0, 0.05) is 5.92 Å². The second-order valence-electron chi connectivity index (χ2n) is 9.81.